The van der Waals surface area contributed by atoms with Crippen molar-refractivity contribution < 1.29 is 18.4 Å². The molecule has 3 nitrogen and oxygen atoms in total. The summed E-state index contributed by atoms with van der Waals surface area (Å²) in [4.78, 5) is 0. The second-order valence-electron chi connectivity index (χ2n) is 4.99. The van der Waals surface area contributed by atoms with E-state index in [1.165, 1.54) is 0 Å². The lowest BCUT2D eigenvalue weighted by Crippen LogP contribution is -1.93. The maximum absolute atomic E-state index is 13.9. The lowest BCUT2D eigenvalue weighted by atomic mass is 10.0. The minimum Gasteiger partial charge on any atom is -0.391 e. The van der Waals surface area contributed by atoms with Crippen LogP contribution in [0.25, 0.3) is 22.6 Å². The summed E-state index contributed by atoms with van der Waals surface area (Å²) in [6.45, 7) is 1.53. The molecule has 2 aromatic carbocycles. The Bertz CT molecular complexity index is 827. The molecule has 1 heterocycles. The molecular weight excluding hydrogens is 288 g/mol. The van der Waals surface area contributed by atoms with Crippen molar-refractivity contribution in [2.45, 2.75) is 13.5 Å². The summed E-state index contributed by atoms with van der Waals surface area (Å²) < 4.78 is 32.6. The number of halogens is 2. The molecule has 0 spiro atoms. The number of rotatable bonds is 3. The first-order chi connectivity index (χ1) is 10.6. The number of aromatic nitrogens is 1. The monoisotopic (exact) mass is 301 g/mol. The highest BCUT2D eigenvalue weighted by Gasteiger charge is 2.21. The minimum absolute atomic E-state index is 0.0355. The van der Waals surface area contributed by atoms with Gasteiger partial charge in [-0.2, -0.15) is 0 Å². The van der Waals surface area contributed by atoms with Crippen LogP contribution in [-0.2, 0) is 6.61 Å². The number of aryl methyl sites for hydroxylation is 1. The van der Waals surface area contributed by atoms with Crippen molar-refractivity contribution in [3.05, 3.63) is 65.2 Å². The van der Waals surface area contributed by atoms with Gasteiger partial charge in [-0.1, -0.05) is 28.9 Å². The van der Waals surface area contributed by atoms with E-state index in [4.69, 9.17) is 4.52 Å². The first kappa shape index (κ1) is 14.4. The molecule has 0 atom stereocenters. The quantitative estimate of drug-likeness (QED) is 0.792. The third kappa shape index (κ3) is 2.51. The zero-order valence-corrected chi connectivity index (χ0v) is 11.8. The Morgan fingerprint density at radius 3 is 2.68 bits per heavy atom. The molecular formula is C17H13F2NO2. The summed E-state index contributed by atoms with van der Waals surface area (Å²) in [7, 11) is 0. The van der Waals surface area contributed by atoms with E-state index in [1.807, 2.05) is 25.1 Å². The summed E-state index contributed by atoms with van der Waals surface area (Å²) in [5.41, 5.74) is 2.13. The molecule has 0 amide bonds. The second kappa shape index (κ2) is 5.69. The van der Waals surface area contributed by atoms with Crippen LogP contribution in [0.2, 0.25) is 0 Å². The molecule has 1 N–H and O–H groups in total. The largest absolute Gasteiger partial charge is 0.391 e. The van der Waals surface area contributed by atoms with Gasteiger partial charge in [0.1, 0.15) is 17.3 Å². The standard InChI is InChI=1S/C17H13F2NO2/c1-10-3-2-4-11(7-10)17-14(9-21)16(20-22-17)13-8-12(18)5-6-15(13)19/h2-8,21H,9H2,1H3. The Morgan fingerprint density at radius 1 is 1.14 bits per heavy atom. The zero-order chi connectivity index (χ0) is 15.7. The third-order valence-electron chi connectivity index (χ3n) is 3.41. The summed E-state index contributed by atoms with van der Waals surface area (Å²) in [6.07, 6.45) is 0. The molecule has 0 unspecified atom stereocenters. The van der Waals surface area contributed by atoms with Gasteiger partial charge in [0.2, 0.25) is 0 Å². The Labute approximate surface area is 125 Å². The van der Waals surface area contributed by atoms with Crippen molar-refractivity contribution in [3.63, 3.8) is 0 Å². The molecule has 0 fully saturated rings. The van der Waals surface area contributed by atoms with Crippen LogP contribution in [0.3, 0.4) is 0 Å². The van der Waals surface area contributed by atoms with Crippen LogP contribution in [0, 0.1) is 18.6 Å². The van der Waals surface area contributed by atoms with Crippen molar-refractivity contribution in [1.82, 2.24) is 5.16 Å². The van der Waals surface area contributed by atoms with Crippen molar-refractivity contribution in [3.8, 4) is 22.6 Å². The molecule has 3 rings (SSSR count). The molecule has 1 aromatic heterocycles. The molecule has 0 bridgehead atoms. The van der Waals surface area contributed by atoms with Crippen molar-refractivity contribution >= 4 is 0 Å². The van der Waals surface area contributed by atoms with Crippen LogP contribution in [0.1, 0.15) is 11.1 Å². The van der Waals surface area contributed by atoms with E-state index in [-0.39, 0.29) is 11.3 Å². The molecule has 112 valence electrons. The topological polar surface area (TPSA) is 46.3 Å². The summed E-state index contributed by atoms with van der Waals surface area (Å²) in [5, 5.41) is 13.4. The molecule has 0 aliphatic rings. The lowest BCUT2D eigenvalue weighted by molar-refractivity contribution is 0.281. The second-order valence-corrected chi connectivity index (χ2v) is 4.99. The van der Waals surface area contributed by atoms with Gasteiger partial charge in [-0.3, -0.25) is 0 Å². The van der Waals surface area contributed by atoms with E-state index in [0.29, 0.717) is 11.3 Å². The van der Waals surface area contributed by atoms with Crippen LogP contribution >= 0.6 is 0 Å². The van der Waals surface area contributed by atoms with Gasteiger partial charge in [-0.05, 0) is 31.2 Å². The fourth-order valence-electron chi connectivity index (χ4n) is 2.36. The number of aliphatic hydroxyl groups excluding tert-OH is 1. The average molecular weight is 301 g/mol. The normalized spacial score (nSPS) is 10.9. The fraction of sp³-hybridized carbons (Fsp3) is 0.118. The van der Waals surface area contributed by atoms with Crippen LogP contribution in [0.4, 0.5) is 8.78 Å². The molecule has 0 saturated carbocycles. The molecule has 5 heteroatoms. The number of aliphatic hydroxyl groups is 1. The predicted molar refractivity (Wildman–Crippen MR) is 78.0 cm³/mol. The van der Waals surface area contributed by atoms with Gasteiger partial charge in [0.05, 0.1) is 12.2 Å². The van der Waals surface area contributed by atoms with Gasteiger partial charge in [0.15, 0.2) is 5.76 Å². The maximum Gasteiger partial charge on any atom is 0.173 e. The van der Waals surface area contributed by atoms with Gasteiger partial charge < -0.3 is 9.63 Å². The van der Waals surface area contributed by atoms with E-state index in [1.54, 1.807) is 6.07 Å². The van der Waals surface area contributed by atoms with E-state index < -0.39 is 18.2 Å². The maximum atomic E-state index is 13.9. The Kier molecular flexibility index (Phi) is 3.73. The smallest absolute Gasteiger partial charge is 0.173 e. The Morgan fingerprint density at radius 2 is 1.95 bits per heavy atom. The number of hydrogen-bond acceptors (Lipinski definition) is 3. The van der Waals surface area contributed by atoms with E-state index in [0.717, 1.165) is 29.3 Å². The molecule has 0 aliphatic heterocycles. The third-order valence-corrected chi connectivity index (χ3v) is 3.41. The SMILES string of the molecule is Cc1cccc(-c2onc(-c3cc(F)ccc3F)c2CO)c1. The number of hydrogen-bond donors (Lipinski definition) is 1. The highest BCUT2D eigenvalue weighted by molar-refractivity contribution is 5.73. The molecule has 22 heavy (non-hydrogen) atoms. The summed E-state index contributed by atoms with van der Waals surface area (Å²) in [5.74, 6) is -0.856. The lowest BCUT2D eigenvalue weighted by Gasteiger charge is -2.03. The van der Waals surface area contributed by atoms with Gasteiger partial charge in [-0.25, -0.2) is 8.78 Å². The highest BCUT2D eigenvalue weighted by atomic mass is 19.1. The van der Waals surface area contributed by atoms with Crippen LogP contribution in [0.5, 0.6) is 0 Å². The van der Waals surface area contributed by atoms with Crippen molar-refractivity contribution in [2.24, 2.45) is 0 Å². The average Bonchev–Trinajstić information content (AvgIpc) is 2.93. The number of nitrogens with zero attached hydrogens (tertiary/aromatic N) is 1. The Balaban J connectivity index is 2.17. The first-order valence-corrected chi connectivity index (χ1v) is 6.72. The first-order valence-electron chi connectivity index (χ1n) is 6.72. The van der Waals surface area contributed by atoms with E-state index in [9.17, 15) is 13.9 Å². The Hall–Kier alpha value is -2.53. The van der Waals surface area contributed by atoms with Gasteiger partial charge in [0, 0.05) is 11.1 Å². The van der Waals surface area contributed by atoms with E-state index in [2.05, 4.69) is 5.16 Å². The van der Waals surface area contributed by atoms with Crippen LogP contribution in [-0.4, -0.2) is 10.3 Å². The summed E-state index contributed by atoms with van der Waals surface area (Å²) >= 11 is 0. The van der Waals surface area contributed by atoms with Gasteiger partial charge >= 0.3 is 0 Å². The van der Waals surface area contributed by atoms with Crippen molar-refractivity contribution in [1.29, 1.82) is 0 Å². The minimum atomic E-state index is -0.625. The van der Waals surface area contributed by atoms with E-state index >= 15 is 0 Å². The molecule has 3 aromatic rings. The molecule has 0 aliphatic carbocycles. The van der Waals surface area contributed by atoms with Crippen LogP contribution < -0.4 is 0 Å². The molecule has 0 saturated heterocycles. The summed E-state index contributed by atoms with van der Waals surface area (Å²) in [6, 6.07) is 10.5. The molecule has 0 radical (unpaired) electrons. The predicted octanol–water partition coefficient (Wildman–Crippen LogP) is 4.09. The van der Waals surface area contributed by atoms with Gasteiger partial charge in [0.25, 0.3) is 0 Å². The van der Waals surface area contributed by atoms with Gasteiger partial charge in [-0.15, -0.1) is 0 Å². The number of benzene rings is 2. The highest BCUT2D eigenvalue weighted by Crippen LogP contribution is 2.34. The van der Waals surface area contributed by atoms with Crippen LogP contribution in [0.15, 0.2) is 47.0 Å². The van der Waals surface area contributed by atoms with Crippen molar-refractivity contribution in [2.75, 3.05) is 0 Å². The zero-order valence-electron chi connectivity index (χ0n) is 11.8. The fourth-order valence-corrected chi connectivity index (χ4v) is 2.36.